The lowest BCUT2D eigenvalue weighted by Crippen LogP contribution is -2.30. The summed E-state index contributed by atoms with van der Waals surface area (Å²) in [5.74, 6) is 1.82. The highest BCUT2D eigenvalue weighted by Gasteiger charge is 2.23. The second-order valence-corrected chi connectivity index (χ2v) is 5.75. The number of methoxy groups -OCH3 is 2. The summed E-state index contributed by atoms with van der Waals surface area (Å²) in [7, 11) is 3.40. The van der Waals surface area contributed by atoms with Crippen LogP contribution in [0.3, 0.4) is 0 Å². The van der Waals surface area contributed by atoms with E-state index in [9.17, 15) is 0 Å². The summed E-state index contributed by atoms with van der Waals surface area (Å²) in [5.41, 5.74) is 2.66. The first-order valence-corrected chi connectivity index (χ1v) is 7.84. The van der Waals surface area contributed by atoms with E-state index in [4.69, 9.17) is 9.47 Å². The fourth-order valence-electron chi connectivity index (χ4n) is 3.13. The van der Waals surface area contributed by atoms with Gasteiger partial charge in [0.25, 0.3) is 0 Å². The maximum atomic E-state index is 5.24. The van der Waals surface area contributed by atoms with Crippen LogP contribution in [0.2, 0.25) is 0 Å². The molecule has 3 heteroatoms. The molecular formula is C19H23NO2. The van der Waals surface area contributed by atoms with Crippen LogP contribution in [0.15, 0.2) is 48.5 Å². The summed E-state index contributed by atoms with van der Waals surface area (Å²) >= 11 is 0. The summed E-state index contributed by atoms with van der Waals surface area (Å²) in [5, 5.41) is 3.78. The standard InChI is InChI=1S/C19H23NO2/c1-21-16-10-6-14(7-11-16)18-4-3-5-19(20-18)15-8-12-17(22-2)13-9-15/h6-13,18-20H,3-5H2,1-2H3/t18-,19+. The molecule has 2 aromatic rings. The highest BCUT2D eigenvalue weighted by Crippen LogP contribution is 2.33. The van der Waals surface area contributed by atoms with Crippen molar-refractivity contribution in [1.29, 1.82) is 0 Å². The van der Waals surface area contributed by atoms with Crippen LogP contribution in [-0.4, -0.2) is 14.2 Å². The minimum absolute atomic E-state index is 0.409. The Kier molecular flexibility index (Phi) is 4.64. The first kappa shape index (κ1) is 14.9. The lowest BCUT2D eigenvalue weighted by atomic mass is 9.90. The summed E-state index contributed by atoms with van der Waals surface area (Å²) in [4.78, 5) is 0. The largest absolute Gasteiger partial charge is 0.497 e. The highest BCUT2D eigenvalue weighted by atomic mass is 16.5. The van der Waals surface area contributed by atoms with Crippen molar-refractivity contribution >= 4 is 0 Å². The third-order valence-electron chi connectivity index (χ3n) is 4.42. The smallest absolute Gasteiger partial charge is 0.118 e. The van der Waals surface area contributed by atoms with Gasteiger partial charge in [-0.1, -0.05) is 24.3 Å². The van der Waals surface area contributed by atoms with Crippen LogP contribution in [0.1, 0.15) is 42.5 Å². The maximum absolute atomic E-state index is 5.24. The van der Waals surface area contributed by atoms with E-state index in [0.29, 0.717) is 12.1 Å². The molecule has 1 aliphatic rings. The topological polar surface area (TPSA) is 30.5 Å². The molecule has 116 valence electrons. The molecule has 0 aliphatic carbocycles. The van der Waals surface area contributed by atoms with Gasteiger partial charge in [0, 0.05) is 12.1 Å². The molecule has 1 fully saturated rings. The van der Waals surface area contributed by atoms with Gasteiger partial charge in [0.05, 0.1) is 14.2 Å². The molecule has 1 saturated heterocycles. The minimum Gasteiger partial charge on any atom is -0.497 e. The van der Waals surface area contributed by atoms with Gasteiger partial charge in [-0.25, -0.2) is 0 Å². The first-order chi connectivity index (χ1) is 10.8. The van der Waals surface area contributed by atoms with Gasteiger partial charge in [0.2, 0.25) is 0 Å². The zero-order valence-corrected chi connectivity index (χ0v) is 13.2. The van der Waals surface area contributed by atoms with Crippen molar-refractivity contribution in [2.75, 3.05) is 14.2 Å². The third kappa shape index (κ3) is 3.25. The van der Waals surface area contributed by atoms with E-state index in [-0.39, 0.29) is 0 Å². The van der Waals surface area contributed by atoms with Crippen molar-refractivity contribution in [2.45, 2.75) is 31.3 Å². The van der Waals surface area contributed by atoms with E-state index >= 15 is 0 Å². The SMILES string of the molecule is COc1ccc([C@@H]2CCC[C@H](c3ccc(OC)cc3)N2)cc1. The van der Waals surface area contributed by atoms with E-state index in [0.717, 1.165) is 11.5 Å². The normalized spacial score (nSPS) is 21.4. The molecule has 1 N–H and O–H groups in total. The van der Waals surface area contributed by atoms with Gasteiger partial charge >= 0.3 is 0 Å². The van der Waals surface area contributed by atoms with E-state index in [1.807, 2.05) is 24.3 Å². The Bertz CT molecular complexity index is 538. The molecule has 0 spiro atoms. The van der Waals surface area contributed by atoms with Gasteiger partial charge in [0.1, 0.15) is 11.5 Å². The Morgan fingerprint density at radius 3 is 1.50 bits per heavy atom. The monoisotopic (exact) mass is 297 g/mol. The molecule has 2 aromatic carbocycles. The number of nitrogens with one attached hydrogen (secondary N) is 1. The van der Waals surface area contributed by atoms with Crippen molar-refractivity contribution in [1.82, 2.24) is 5.32 Å². The zero-order valence-electron chi connectivity index (χ0n) is 13.2. The molecule has 0 unspecified atom stereocenters. The summed E-state index contributed by atoms with van der Waals surface area (Å²) in [6, 6.07) is 17.6. The number of hydrogen-bond donors (Lipinski definition) is 1. The molecular weight excluding hydrogens is 274 g/mol. The molecule has 0 amide bonds. The highest BCUT2D eigenvalue weighted by molar-refractivity contribution is 5.32. The van der Waals surface area contributed by atoms with Gasteiger partial charge in [-0.3, -0.25) is 0 Å². The van der Waals surface area contributed by atoms with Gasteiger partial charge in [-0.2, -0.15) is 0 Å². The second-order valence-electron chi connectivity index (χ2n) is 5.75. The Hall–Kier alpha value is -2.00. The molecule has 0 aromatic heterocycles. The molecule has 0 saturated carbocycles. The van der Waals surface area contributed by atoms with Crippen molar-refractivity contribution in [3.05, 3.63) is 59.7 Å². The molecule has 3 rings (SSSR count). The van der Waals surface area contributed by atoms with E-state index in [2.05, 4.69) is 29.6 Å². The van der Waals surface area contributed by atoms with Crippen LogP contribution in [0.4, 0.5) is 0 Å². The van der Waals surface area contributed by atoms with E-state index < -0.39 is 0 Å². The molecule has 22 heavy (non-hydrogen) atoms. The van der Waals surface area contributed by atoms with Gasteiger partial charge in [-0.05, 0) is 54.7 Å². The van der Waals surface area contributed by atoms with Gasteiger partial charge in [-0.15, -0.1) is 0 Å². The predicted octanol–water partition coefficient (Wildman–Crippen LogP) is 4.26. The average Bonchev–Trinajstić information content (AvgIpc) is 2.62. The van der Waals surface area contributed by atoms with Crippen LogP contribution in [-0.2, 0) is 0 Å². The van der Waals surface area contributed by atoms with Gasteiger partial charge < -0.3 is 14.8 Å². The van der Waals surface area contributed by atoms with Crippen LogP contribution >= 0.6 is 0 Å². The van der Waals surface area contributed by atoms with Crippen molar-refractivity contribution in [2.24, 2.45) is 0 Å². The van der Waals surface area contributed by atoms with E-state index in [1.165, 1.54) is 30.4 Å². The van der Waals surface area contributed by atoms with Gasteiger partial charge in [0.15, 0.2) is 0 Å². The van der Waals surface area contributed by atoms with Crippen LogP contribution in [0.25, 0.3) is 0 Å². The summed E-state index contributed by atoms with van der Waals surface area (Å²) in [6.07, 6.45) is 3.60. The lowest BCUT2D eigenvalue weighted by molar-refractivity contribution is 0.330. The number of piperidine rings is 1. The molecule has 2 atom stereocenters. The third-order valence-corrected chi connectivity index (χ3v) is 4.42. The Balaban J connectivity index is 1.72. The number of rotatable bonds is 4. The molecule has 3 nitrogen and oxygen atoms in total. The van der Waals surface area contributed by atoms with Crippen molar-refractivity contribution in [3.63, 3.8) is 0 Å². The molecule has 1 heterocycles. The van der Waals surface area contributed by atoms with E-state index in [1.54, 1.807) is 14.2 Å². The Morgan fingerprint density at radius 2 is 1.14 bits per heavy atom. The lowest BCUT2D eigenvalue weighted by Gasteiger charge is -2.32. The maximum Gasteiger partial charge on any atom is 0.118 e. The second kappa shape index (κ2) is 6.84. The molecule has 1 aliphatic heterocycles. The minimum atomic E-state index is 0.409. The Morgan fingerprint density at radius 1 is 0.727 bits per heavy atom. The predicted molar refractivity (Wildman–Crippen MR) is 88.5 cm³/mol. The number of benzene rings is 2. The molecule has 0 radical (unpaired) electrons. The quantitative estimate of drug-likeness (QED) is 0.914. The number of ether oxygens (including phenoxy) is 2. The first-order valence-electron chi connectivity index (χ1n) is 7.84. The van der Waals surface area contributed by atoms with Crippen molar-refractivity contribution in [3.8, 4) is 11.5 Å². The number of hydrogen-bond acceptors (Lipinski definition) is 3. The van der Waals surface area contributed by atoms with Crippen molar-refractivity contribution < 1.29 is 9.47 Å². The average molecular weight is 297 g/mol. The molecule has 0 bridgehead atoms. The van der Waals surface area contributed by atoms with Crippen LogP contribution < -0.4 is 14.8 Å². The fourth-order valence-corrected chi connectivity index (χ4v) is 3.13. The summed E-state index contributed by atoms with van der Waals surface area (Å²) in [6.45, 7) is 0. The Labute approximate surface area is 132 Å². The van der Waals surface area contributed by atoms with Crippen LogP contribution in [0, 0.1) is 0 Å². The van der Waals surface area contributed by atoms with Crippen LogP contribution in [0.5, 0.6) is 11.5 Å². The zero-order chi connectivity index (χ0) is 15.4. The summed E-state index contributed by atoms with van der Waals surface area (Å²) < 4.78 is 10.5. The fraction of sp³-hybridized carbons (Fsp3) is 0.368.